The molecule has 9 nitrogen and oxygen atoms in total. The molecule has 0 spiro atoms. The number of hydrogen-bond acceptors (Lipinski definition) is 6. The fourth-order valence-electron chi connectivity index (χ4n) is 2.12. The Bertz CT molecular complexity index is 633. The van der Waals surface area contributed by atoms with Crippen molar-refractivity contribution < 1.29 is 34.4 Å². The predicted molar refractivity (Wildman–Crippen MR) is 87.4 cm³/mol. The zero-order chi connectivity index (χ0) is 19.0. The van der Waals surface area contributed by atoms with Crippen molar-refractivity contribution in [2.75, 3.05) is 6.61 Å². The summed E-state index contributed by atoms with van der Waals surface area (Å²) < 4.78 is 5.20. The van der Waals surface area contributed by atoms with E-state index in [1.165, 1.54) is 6.07 Å². The van der Waals surface area contributed by atoms with Gasteiger partial charge >= 0.3 is 11.9 Å². The lowest BCUT2D eigenvalue weighted by molar-refractivity contribution is -0.143. The SMILES string of the molecule is CCOc1ccc(C[C@H](N)C(=O)N[C@@H](CCC(=O)O)C(=O)O)cc1O. The Kier molecular flexibility index (Phi) is 7.67. The summed E-state index contributed by atoms with van der Waals surface area (Å²) in [5.74, 6) is -2.98. The van der Waals surface area contributed by atoms with E-state index in [1.807, 2.05) is 0 Å². The van der Waals surface area contributed by atoms with E-state index in [2.05, 4.69) is 5.32 Å². The number of rotatable bonds is 10. The van der Waals surface area contributed by atoms with Crippen LogP contribution in [0.25, 0.3) is 0 Å². The van der Waals surface area contributed by atoms with Gasteiger partial charge in [-0.3, -0.25) is 9.59 Å². The highest BCUT2D eigenvalue weighted by Crippen LogP contribution is 2.27. The molecule has 25 heavy (non-hydrogen) atoms. The highest BCUT2D eigenvalue weighted by molar-refractivity contribution is 5.87. The molecular formula is C16H22N2O7. The minimum atomic E-state index is -1.33. The van der Waals surface area contributed by atoms with Gasteiger partial charge in [-0.25, -0.2) is 4.79 Å². The Balaban J connectivity index is 2.67. The van der Waals surface area contributed by atoms with Crippen LogP contribution in [0.15, 0.2) is 18.2 Å². The van der Waals surface area contributed by atoms with Crippen molar-refractivity contribution in [3.8, 4) is 11.5 Å². The van der Waals surface area contributed by atoms with Gasteiger partial charge in [-0.1, -0.05) is 6.07 Å². The number of carbonyl (C=O) groups is 3. The molecule has 2 atom stereocenters. The number of carboxylic acids is 2. The van der Waals surface area contributed by atoms with Gasteiger partial charge < -0.3 is 31.1 Å². The molecule has 0 aromatic heterocycles. The molecule has 0 saturated heterocycles. The molecule has 0 aliphatic rings. The molecular weight excluding hydrogens is 332 g/mol. The summed E-state index contributed by atoms with van der Waals surface area (Å²) in [6.45, 7) is 2.17. The van der Waals surface area contributed by atoms with Crippen molar-refractivity contribution in [3.63, 3.8) is 0 Å². The number of carbonyl (C=O) groups excluding carboxylic acids is 1. The summed E-state index contributed by atoms with van der Waals surface area (Å²) >= 11 is 0. The standard InChI is InChI=1S/C16H22N2O7/c1-2-25-13-5-3-9(8-12(13)19)7-10(17)15(22)18-11(16(23)24)4-6-14(20)21/h3,5,8,10-11,19H,2,4,6-7,17H2,1H3,(H,18,22)(H,20,21)(H,23,24)/t10-,11-/m0/s1. The summed E-state index contributed by atoms with van der Waals surface area (Å²) in [7, 11) is 0. The van der Waals surface area contributed by atoms with Gasteiger partial charge in [-0.2, -0.15) is 0 Å². The van der Waals surface area contributed by atoms with Gasteiger partial charge in [-0.05, 0) is 37.5 Å². The Morgan fingerprint density at radius 3 is 2.48 bits per heavy atom. The summed E-state index contributed by atoms with van der Waals surface area (Å²) in [5.41, 5.74) is 6.34. The molecule has 1 aromatic carbocycles. The van der Waals surface area contributed by atoms with E-state index in [0.717, 1.165) is 0 Å². The van der Waals surface area contributed by atoms with Gasteiger partial charge in [0.2, 0.25) is 5.91 Å². The highest BCUT2D eigenvalue weighted by atomic mass is 16.5. The number of amides is 1. The maximum absolute atomic E-state index is 12.0. The van der Waals surface area contributed by atoms with Crippen molar-refractivity contribution in [3.05, 3.63) is 23.8 Å². The van der Waals surface area contributed by atoms with Gasteiger partial charge in [-0.15, -0.1) is 0 Å². The number of nitrogens with one attached hydrogen (secondary N) is 1. The van der Waals surface area contributed by atoms with Crippen molar-refractivity contribution in [1.82, 2.24) is 5.32 Å². The quantitative estimate of drug-likeness (QED) is 0.395. The fraction of sp³-hybridized carbons (Fsp3) is 0.438. The van der Waals surface area contributed by atoms with Crippen LogP contribution in [0.3, 0.4) is 0 Å². The van der Waals surface area contributed by atoms with Gasteiger partial charge in [0.1, 0.15) is 6.04 Å². The highest BCUT2D eigenvalue weighted by Gasteiger charge is 2.24. The molecule has 1 aromatic rings. The van der Waals surface area contributed by atoms with Crippen molar-refractivity contribution >= 4 is 17.8 Å². The molecule has 0 radical (unpaired) electrons. The number of hydrogen-bond donors (Lipinski definition) is 5. The fourth-order valence-corrected chi connectivity index (χ4v) is 2.12. The van der Waals surface area contributed by atoms with Crippen LogP contribution in [0.2, 0.25) is 0 Å². The minimum absolute atomic E-state index is 0.0665. The number of phenolic OH excluding ortho intramolecular Hbond substituents is 1. The zero-order valence-electron chi connectivity index (χ0n) is 13.8. The van der Waals surface area contributed by atoms with Crippen LogP contribution in [-0.4, -0.2) is 51.9 Å². The monoisotopic (exact) mass is 354 g/mol. The summed E-state index contributed by atoms with van der Waals surface area (Å²) in [6.07, 6.45) is -0.566. The first kappa shape index (κ1) is 20.2. The van der Waals surface area contributed by atoms with Crippen LogP contribution in [0.5, 0.6) is 11.5 Å². The molecule has 1 rings (SSSR count). The van der Waals surface area contributed by atoms with E-state index in [9.17, 15) is 19.5 Å². The Morgan fingerprint density at radius 1 is 1.28 bits per heavy atom. The average Bonchev–Trinajstić information content (AvgIpc) is 2.53. The Labute approximate surface area is 144 Å². The van der Waals surface area contributed by atoms with Gasteiger partial charge in [0.05, 0.1) is 12.6 Å². The lowest BCUT2D eigenvalue weighted by Crippen LogP contribution is -2.49. The molecule has 0 fully saturated rings. The second-order valence-electron chi connectivity index (χ2n) is 5.38. The number of aromatic hydroxyl groups is 1. The number of phenols is 1. The van der Waals surface area contributed by atoms with Crippen LogP contribution in [0, 0.1) is 0 Å². The smallest absolute Gasteiger partial charge is 0.326 e. The van der Waals surface area contributed by atoms with Crippen LogP contribution in [0.1, 0.15) is 25.3 Å². The van der Waals surface area contributed by atoms with Gasteiger partial charge in [0.25, 0.3) is 0 Å². The lowest BCUT2D eigenvalue weighted by Gasteiger charge is -2.17. The van der Waals surface area contributed by atoms with E-state index in [-0.39, 0.29) is 25.0 Å². The minimum Gasteiger partial charge on any atom is -0.504 e. The van der Waals surface area contributed by atoms with E-state index in [4.69, 9.17) is 20.7 Å². The van der Waals surface area contributed by atoms with E-state index < -0.39 is 29.9 Å². The topological polar surface area (TPSA) is 159 Å². The Hall–Kier alpha value is -2.81. The van der Waals surface area contributed by atoms with Crippen LogP contribution in [0.4, 0.5) is 0 Å². The number of nitrogens with two attached hydrogens (primary N) is 1. The number of ether oxygens (including phenoxy) is 1. The molecule has 0 saturated carbocycles. The van der Waals surface area contributed by atoms with Gasteiger partial charge in [0.15, 0.2) is 11.5 Å². The average molecular weight is 354 g/mol. The third-order valence-electron chi connectivity index (χ3n) is 3.38. The second kappa shape index (κ2) is 9.48. The molecule has 0 heterocycles. The van der Waals surface area contributed by atoms with E-state index in [0.29, 0.717) is 17.9 Å². The van der Waals surface area contributed by atoms with Crippen molar-refractivity contribution in [2.45, 2.75) is 38.3 Å². The number of carboxylic acid groups (broad SMARTS) is 2. The molecule has 6 N–H and O–H groups in total. The third kappa shape index (κ3) is 6.68. The lowest BCUT2D eigenvalue weighted by atomic mass is 10.0. The molecule has 138 valence electrons. The molecule has 0 aliphatic carbocycles. The van der Waals surface area contributed by atoms with Crippen LogP contribution in [-0.2, 0) is 20.8 Å². The molecule has 0 aliphatic heterocycles. The molecule has 0 unspecified atom stereocenters. The summed E-state index contributed by atoms with van der Waals surface area (Å²) in [5, 5.41) is 29.7. The number of aliphatic carboxylic acids is 2. The van der Waals surface area contributed by atoms with Crippen LogP contribution >= 0.6 is 0 Å². The summed E-state index contributed by atoms with van der Waals surface area (Å²) in [4.78, 5) is 33.6. The van der Waals surface area contributed by atoms with E-state index >= 15 is 0 Å². The van der Waals surface area contributed by atoms with Crippen molar-refractivity contribution in [1.29, 1.82) is 0 Å². The molecule has 0 bridgehead atoms. The third-order valence-corrected chi connectivity index (χ3v) is 3.38. The molecule has 9 heteroatoms. The maximum Gasteiger partial charge on any atom is 0.326 e. The van der Waals surface area contributed by atoms with Crippen LogP contribution < -0.4 is 15.8 Å². The largest absolute Gasteiger partial charge is 0.504 e. The Morgan fingerprint density at radius 2 is 1.96 bits per heavy atom. The normalized spacial score (nSPS) is 12.9. The zero-order valence-corrected chi connectivity index (χ0v) is 13.8. The van der Waals surface area contributed by atoms with E-state index in [1.54, 1.807) is 19.1 Å². The van der Waals surface area contributed by atoms with Crippen molar-refractivity contribution in [2.24, 2.45) is 5.73 Å². The first-order valence-corrected chi connectivity index (χ1v) is 7.69. The predicted octanol–water partition coefficient (Wildman–Crippen LogP) is 0.0949. The van der Waals surface area contributed by atoms with Gasteiger partial charge in [0, 0.05) is 6.42 Å². The second-order valence-corrected chi connectivity index (χ2v) is 5.38. The summed E-state index contributed by atoms with van der Waals surface area (Å²) in [6, 6.07) is 2.22. The first-order chi connectivity index (χ1) is 11.7. The first-order valence-electron chi connectivity index (χ1n) is 7.69. The maximum atomic E-state index is 12.0. The number of benzene rings is 1. The molecule has 1 amide bonds.